The summed E-state index contributed by atoms with van der Waals surface area (Å²) in [7, 11) is 1.81. The third kappa shape index (κ3) is 4.10. The monoisotopic (exact) mass is 396 g/mol. The molecule has 0 bridgehead atoms. The zero-order chi connectivity index (χ0) is 19.5. The van der Waals surface area contributed by atoms with Gasteiger partial charge in [0.2, 0.25) is 0 Å². The molecule has 4 rings (SSSR count). The van der Waals surface area contributed by atoms with Gasteiger partial charge in [0.25, 0.3) is 0 Å². The van der Waals surface area contributed by atoms with E-state index >= 15 is 0 Å². The Morgan fingerprint density at radius 2 is 2.18 bits per heavy atom. The lowest BCUT2D eigenvalue weighted by molar-refractivity contribution is 0.200. The predicted molar refractivity (Wildman–Crippen MR) is 116 cm³/mol. The number of piperidine rings is 1. The van der Waals surface area contributed by atoms with Crippen LogP contribution in [0.25, 0.3) is 11.1 Å². The Balaban J connectivity index is 1.49. The maximum absolute atomic E-state index is 11.6. The van der Waals surface area contributed by atoms with E-state index in [1.165, 1.54) is 5.56 Å². The normalized spacial score (nSPS) is 17.5. The molecule has 0 saturated carbocycles. The molecular formula is C21H24N4O2S. The Labute approximate surface area is 168 Å². The molecule has 2 aromatic carbocycles. The van der Waals surface area contributed by atoms with Crippen molar-refractivity contribution in [3.63, 3.8) is 0 Å². The molecule has 2 heterocycles. The number of para-hydroxylation sites is 1. The van der Waals surface area contributed by atoms with E-state index in [-0.39, 0.29) is 5.76 Å². The number of oxazole rings is 1. The molecular weight excluding hydrogens is 372 g/mol. The van der Waals surface area contributed by atoms with E-state index in [1.807, 2.05) is 24.3 Å². The predicted octanol–water partition coefficient (Wildman–Crippen LogP) is 3.42. The SMILES string of the molecule is CNC(=S)Nc1cccc(CN2CCCC(c3cccc4[nH]c(=O)oc34)C2)c1. The van der Waals surface area contributed by atoms with Gasteiger partial charge < -0.3 is 15.1 Å². The summed E-state index contributed by atoms with van der Waals surface area (Å²) in [4.78, 5) is 16.8. The summed E-state index contributed by atoms with van der Waals surface area (Å²) in [6.07, 6.45) is 2.22. The maximum atomic E-state index is 11.6. The molecule has 1 unspecified atom stereocenters. The zero-order valence-corrected chi connectivity index (χ0v) is 16.6. The number of H-pyrrole nitrogens is 1. The van der Waals surface area contributed by atoms with Gasteiger partial charge in [0.15, 0.2) is 10.7 Å². The highest BCUT2D eigenvalue weighted by atomic mass is 32.1. The Bertz CT molecular complexity index is 1040. The third-order valence-electron chi connectivity index (χ3n) is 5.24. The van der Waals surface area contributed by atoms with Crippen LogP contribution in [0.15, 0.2) is 51.7 Å². The van der Waals surface area contributed by atoms with Crippen LogP contribution in [0.4, 0.5) is 5.69 Å². The molecule has 6 nitrogen and oxygen atoms in total. The van der Waals surface area contributed by atoms with Crippen LogP contribution < -0.4 is 16.4 Å². The molecule has 1 atom stereocenters. The van der Waals surface area contributed by atoms with E-state index < -0.39 is 0 Å². The summed E-state index contributed by atoms with van der Waals surface area (Å²) in [5.41, 5.74) is 4.83. The highest BCUT2D eigenvalue weighted by molar-refractivity contribution is 7.80. The Kier molecular flexibility index (Phi) is 5.45. The highest BCUT2D eigenvalue weighted by Crippen LogP contribution is 2.32. The molecule has 28 heavy (non-hydrogen) atoms. The number of benzene rings is 2. The van der Waals surface area contributed by atoms with Crippen molar-refractivity contribution in [3.05, 3.63) is 64.1 Å². The molecule has 1 fully saturated rings. The van der Waals surface area contributed by atoms with Crippen molar-refractivity contribution >= 4 is 34.1 Å². The van der Waals surface area contributed by atoms with Crippen molar-refractivity contribution in [1.29, 1.82) is 0 Å². The standard InChI is InChI=1S/C21H24N4O2S/c1-22-20(28)23-16-7-2-5-14(11-16)12-25-10-4-6-15(13-25)17-8-3-9-18-19(17)27-21(26)24-18/h2-3,5,7-9,11,15H,4,6,10,12-13H2,1H3,(H,24,26)(H2,22,23,28). The van der Waals surface area contributed by atoms with E-state index in [9.17, 15) is 4.79 Å². The van der Waals surface area contributed by atoms with E-state index in [0.29, 0.717) is 16.6 Å². The van der Waals surface area contributed by atoms with E-state index in [0.717, 1.165) is 49.2 Å². The van der Waals surface area contributed by atoms with Crippen LogP contribution in [0.2, 0.25) is 0 Å². The number of aromatic amines is 1. The number of anilines is 1. The van der Waals surface area contributed by atoms with Gasteiger partial charge in [-0.1, -0.05) is 24.3 Å². The first kappa shape index (κ1) is 18.7. The Morgan fingerprint density at radius 1 is 1.32 bits per heavy atom. The third-order valence-corrected chi connectivity index (χ3v) is 5.55. The minimum Gasteiger partial charge on any atom is -0.408 e. The van der Waals surface area contributed by atoms with Crippen LogP contribution in [-0.2, 0) is 6.54 Å². The van der Waals surface area contributed by atoms with Gasteiger partial charge in [-0.25, -0.2) is 4.79 Å². The first-order valence-corrected chi connectivity index (χ1v) is 9.95. The lowest BCUT2D eigenvalue weighted by Gasteiger charge is -2.33. The topological polar surface area (TPSA) is 73.3 Å². The summed E-state index contributed by atoms with van der Waals surface area (Å²) in [5, 5.41) is 6.72. The maximum Gasteiger partial charge on any atom is 0.417 e. The first-order valence-electron chi connectivity index (χ1n) is 9.54. The fraction of sp³-hybridized carbons (Fsp3) is 0.333. The van der Waals surface area contributed by atoms with Gasteiger partial charge in [-0.3, -0.25) is 9.88 Å². The number of nitrogens with one attached hydrogen (secondary N) is 3. The molecule has 0 amide bonds. The number of aromatic nitrogens is 1. The lowest BCUT2D eigenvalue weighted by atomic mass is 9.90. The van der Waals surface area contributed by atoms with Crippen LogP contribution in [0.3, 0.4) is 0 Å². The fourth-order valence-electron chi connectivity index (χ4n) is 3.97. The quantitative estimate of drug-likeness (QED) is 0.587. The average Bonchev–Trinajstić information content (AvgIpc) is 3.08. The summed E-state index contributed by atoms with van der Waals surface area (Å²) in [6, 6.07) is 14.3. The molecule has 146 valence electrons. The number of rotatable bonds is 4. The van der Waals surface area contributed by atoms with Gasteiger partial charge >= 0.3 is 5.76 Å². The van der Waals surface area contributed by atoms with Gasteiger partial charge in [0.1, 0.15) is 0 Å². The summed E-state index contributed by atoms with van der Waals surface area (Å²) in [5.74, 6) is -0.0338. The molecule has 7 heteroatoms. The Hall–Kier alpha value is -2.64. The summed E-state index contributed by atoms with van der Waals surface area (Å²) in [6.45, 7) is 2.89. The second-order valence-corrected chi connectivity index (χ2v) is 7.63. The van der Waals surface area contributed by atoms with Crippen LogP contribution in [0.5, 0.6) is 0 Å². The molecule has 1 aliphatic rings. The molecule has 1 aliphatic heterocycles. The molecule has 3 N–H and O–H groups in total. The van der Waals surface area contributed by atoms with Gasteiger partial charge in [-0.15, -0.1) is 0 Å². The molecule has 0 aliphatic carbocycles. The average molecular weight is 397 g/mol. The van der Waals surface area contributed by atoms with E-state index in [2.05, 4.69) is 38.7 Å². The van der Waals surface area contributed by atoms with Crippen molar-refractivity contribution in [2.45, 2.75) is 25.3 Å². The second kappa shape index (κ2) is 8.16. The smallest absolute Gasteiger partial charge is 0.408 e. The molecule has 0 radical (unpaired) electrons. The molecule has 1 aromatic heterocycles. The largest absolute Gasteiger partial charge is 0.417 e. The zero-order valence-electron chi connectivity index (χ0n) is 15.8. The molecule has 0 spiro atoms. The van der Waals surface area contributed by atoms with Crippen molar-refractivity contribution in [3.8, 4) is 0 Å². The summed E-state index contributed by atoms with van der Waals surface area (Å²) < 4.78 is 5.41. The fourth-order valence-corrected chi connectivity index (χ4v) is 4.09. The number of likely N-dealkylation sites (tertiary alicyclic amines) is 1. The van der Waals surface area contributed by atoms with Crippen LogP contribution in [-0.4, -0.2) is 35.1 Å². The van der Waals surface area contributed by atoms with Gasteiger partial charge in [-0.2, -0.15) is 0 Å². The van der Waals surface area contributed by atoms with E-state index in [1.54, 1.807) is 7.05 Å². The van der Waals surface area contributed by atoms with Gasteiger partial charge in [0, 0.05) is 37.3 Å². The van der Waals surface area contributed by atoms with Crippen molar-refractivity contribution in [2.75, 3.05) is 25.5 Å². The van der Waals surface area contributed by atoms with Crippen molar-refractivity contribution in [2.24, 2.45) is 0 Å². The second-order valence-electron chi connectivity index (χ2n) is 7.22. The van der Waals surface area contributed by atoms with Crippen molar-refractivity contribution in [1.82, 2.24) is 15.2 Å². The van der Waals surface area contributed by atoms with Gasteiger partial charge in [0.05, 0.1) is 5.52 Å². The Morgan fingerprint density at radius 3 is 3.04 bits per heavy atom. The van der Waals surface area contributed by atoms with Crippen LogP contribution in [0, 0.1) is 0 Å². The molecule has 1 saturated heterocycles. The minimum atomic E-state index is -0.390. The number of nitrogens with zero attached hydrogens (tertiary/aromatic N) is 1. The highest BCUT2D eigenvalue weighted by Gasteiger charge is 2.24. The number of fused-ring (bicyclic) bond motifs is 1. The van der Waals surface area contributed by atoms with E-state index in [4.69, 9.17) is 16.6 Å². The van der Waals surface area contributed by atoms with Crippen LogP contribution in [0.1, 0.15) is 29.9 Å². The number of hydrogen-bond donors (Lipinski definition) is 3. The minimum absolute atomic E-state index is 0.356. The van der Waals surface area contributed by atoms with Gasteiger partial charge in [-0.05, 0) is 55.4 Å². The summed E-state index contributed by atoms with van der Waals surface area (Å²) >= 11 is 5.19. The lowest BCUT2D eigenvalue weighted by Crippen LogP contribution is -2.34. The van der Waals surface area contributed by atoms with Crippen molar-refractivity contribution < 1.29 is 4.42 Å². The first-order chi connectivity index (χ1) is 13.6. The number of hydrogen-bond acceptors (Lipinski definition) is 4. The number of thiocarbonyl (C=S) groups is 1. The van der Waals surface area contributed by atoms with Crippen LogP contribution >= 0.6 is 12.2 Å². The molecule has 3 aromatic rings.